The first-order chi connectivity index (χ1) is 8.49. The molecule has 18 heavy (non-hydrogen) atoms. The second-order valence-corrected chi connectivity index (χ2v) is 4.57. The molecule has 0 fully saturated rings. The van der Waals surface area contributed by atoms with Gasteiger partial charge in [-0.25, -0.2) is 10.8 Å². The Morgan fingerprint density at radius 3 is 2.78 bits per heavy atom. The van der Waals surface area contributed by atoms with Crippen molar-refractivity contribution in [2.24, 2.45) is 5.84 Å². The molecule has 6 nitrogen and oxygen atoms in total. The van der Waals surface area contributed by atoms with E-state index in [0.29, 0.717) is 28.2 Å². The van der Waals surface area contributed by atoms with Gasteiger partial charge in [0.1, 0.15) is 5.82 Å². The number of ether oxygens (including phenoxy) is 1. The van der Waals surface area contributed by atoms with Gasteiger partial charge in [-0.1, -0.05) is 23.2 Å². The molecule has 0 aliphatic rings. The van der Waals surface area contributed by atoms with E-state index < -0.39 is 6.10 Å². The van der Waals surface area contributed by atoms with Crippen molar-refractivity contribution in [3.8, 4) is 0 Å². The molecule has 1 aromatic heterocycles. The zero-order valence-electron chi connectivity index (χ0n) is 10.2. The van der Waals surface area contributed by atoms with Gasteiger partial charge in [-0.2, -0.15) is 0 Å². The third-order valence-corrected chi connectivity index (χ3v) is 2.82. The molecule has 0 spiro atoms. The Labute approximate surface area is 116 Å². The van der Waals surface area contributed by atoms with Gasteiger partial charge in [0.25, 0.3) is 0 Å². The van der Waals surface area contributed by atoms with Crippen molar-refractivity contribution in [2.75, 3.05) is 37.6 Å². The summed E-state index contributed by atoms with van der Waals surface area (Å²) in [6, 6.07) is 1.54. The lowest BCUT2D eigenvalue weighted by atomic mass is 10.3. The Hall–Kier alpha value is -0.790. The lowest BCUT2D eigenvalue weighted by Gasteiger charge is -2.23. The summed E-state index contributed by atoms with van der Waals surface area (Å²) in [6.07, 6.45) is -0.636. The van der Waals surface area contributed by atoms with Gasteiger partial charge in [0.05, 0.1) is 22.8 Å². The normalized spacial score (nSPS) is 12.3. The minimum atomic E-state index is -0.636. The van der Waals surface area contributed by atoms with Crippen LogP contribution in [0.5, 0.6) is 0 Å². The van der Waals surface area contributed by atoms with Crippen LogP contribution >= 0.6 is 23.2 Å². The highest BCUT2D eigenvalue weighted by molar-refractivity contribution is 6.37. The number of anilines is 2. The number of halogens is 2. The van der Waals surface area contributed by atoms with E-state index >= 15 is 0 Å². The highest BCUT2D eigenvalue weighted by Crippen LogP contribution is 2.30. The summed E-state index contributed by atoms with van der Waals surface area (Å²) in [6.45, 7) is 0.559. The zero-order valence-corrected chi connectivity index (χ0v) is 11.7. The summed E-state index contributed by atoms with van der Waals surface area (Å²) in [5, 5.41) is 10.4. The average molecular weight is 295 g/mol. The van der Waals surface area contributed by atoms with Gasteiger partial charge < -0.3 is 20.2 Å². The van der Waals surface area contributed by atoms with E-state index in [1.54, 1.807) is 18.0 Å². The van der Waals surface area contributed by atoms with E-state index in [-0.39, 0.29) is 6.61 Å². The molecule has 0 aromatic carbocycles. The minimum Gasteiger partial charge on any atom is -0.389 e. The predicted octanol–water partition coefficient (Wildman–Crippen LogP) is 1.12. The van der Waals surface area contributed by atoms with Crippen LogP contribution in [0.15, 0.2) is 6.07 Å². The molecule has 0 radical (unpaired) electrons. The van der Waals surface area contributed by atoms with Crippen molar-refractivity contribution in [1.29, 1.82) is 0 Å². The van der Waals surface area contributed by atoms with Gasteiger partial charge in [-0.3, -0.25) is 0 Å². The maximum atomic E-state index is 9.65. The smallest absolute Gasteiger partial charge is 0.161 e. The number of hydrogen-bond donors (Lipinski definition) is 3. The Morgan fingerprint density at radius 1 is 1.56 bits per heavy atom. The number of aliphatic hydroxyl groups excluding tert-OH is 1. The number of hydrogen-bond acceptors (Lipinski definition) is 6. The van der Waals surface area contributed by atoms with Crippen molar-refractivity contribution in [2.45, 2.75) is 6.10 Å². The van der Waals surface area contributed by atoms with E-state index in [1.165, 1.54) is 7.11 Å². The van der Waals surface area contributed by atoms with Gasteiger partial charge in [-0.15, -0.1) is 0 Å². The maximum Gasteiger partial charge on any atom is 0.161 e. The van der Waals surface area contributed by atoms with E-state index in [9.17, 15) is 5.11 Å². The third kappa shape index (κ3) is 3.86. The SMILES string of the molecule is COCC(O)CN(C)c1nc(NN)c(Cl)cc1Cl. The van der Waals surface area contributed by atoms with Crippen LogP contribution in [0.2, 0.25) is 10.0 Å². The monoisotopic (exact) mass is 294 g/mol. The molecule has 0 aliphatic heterocycles. The van der Waals surface area contributed by atoms with E-state index in [4.69, 9.17) is 33.8 Å². The van der Waals surface area contributed by atoms with Crippen LogP contribution in [0, 0.1) is 0 Å². The molecular formula is C10H16Cl2N4O2. The first kappa shape index (κ1) is 15.3. The minimum absolute atomic E-state index is 0.234. The molecular weight excluding hydrogens is 279 g/mol. The number of hydrazine groups is 1. The quantitative estimate of drug-likeness (QED) is 0.539. The molecule has 8 heteroatoms. The molecule has 0 saturated carbocycles. The summed E-state index contributed by atoms with van der Waals surface area (Å²) in [4.78, 5) is 5.88. The van der Waals surface area contributed by atoms with Crippen LogP contribution in [0.3, 0.4) is 0 Å². The lowest BCUT2D eigenvalue weighted by molar-refractivity contribution is 0.0694. The number of nitrogens with zero attached hydrogens (tertiary/aromatic N) is 2. The van der Waals surface area contributed by atoms with Crippen molar-refractivity contribution >= 4 is 34.8 Å². The van der Waals surface area contributed by atoms with Gasteiger partial charge in [0.2, 0.25) is 0 Å². The first-order valence-corrected chi connectivity index (χ1v) is 5.96. The number of nitrogens with one attached hydrogen (secondary N) is 1. The van der Waals surface area contributed by atoms with Crippen LogP contribution in [0.1, 0.15) is 0 Å². The molecule has 1 rings (SSSR count). The van der Waals surface area contributed by atoms with Gasteiger partial charge in [0, 0.05) is 20.7 Å². The number of nitrogen functional groups attached to an aromatic ring is 1. The number of aliphatic hydroxyl groups is 1. The van der Waals surface area contributed by atoms with Crippen molar-refractivity contribution < 1.29 is 9.84 Å². The second kappa shape index (κ2) is 6.96. The number of pyridine rings is 1. The van der Waals surface area contributed by atoms with E-state index in [1.807, 2.05) is 0 Å². The van der Waals surface area contributed by atoms with Gasteiger partial charge in [-0.05, 0) is 6.07 Å². The van der Waals surface area contributed by atoms with E-state index in [2.05, 4.69) is 10.4 Å². The van der Waals surface area contributed by atoms with Crippen LogP contribution < -0.4 is 16.2 Å². The number of methoxy groups -OCH3 is 1. The molecule has 0 amide bonds. The fourth-order valence-corrected chi connectivity index (χ4v) is 2.03. The Kier molecular flexibility index (Phi) is 5.90. The number of rotatable bonds is 6. The molecule has 1 heterocycles. The van der Waals surface area contributed by atoms with Crippen LogP contribution in [0.25, 0.3) is 0 Å². The second-order valence-electron chi connectivity index (χ2n) is 3.76. The van der Waals surface area contributed by atoms with Crippen LogP contribution in [-0.4, -0.2) is 43.5 Å². The fourth-order valence-electron chi connectivity index (χ4n) is 1.47. The highest BCUT2D eigenvalue weighted by Gasteiger charge is 2.15. The van der Waals surface area contributed by atoms with Crippen LogP contribution in [-0.2, 0) is 4.74 Å². The molecule has 1 aromatic rings. The van der Waals surface area contributed by atoms with Crippen molar-refractivity contribution in [3.05, 3.63) is 16.1 Å². The molecule has 1 atom stereocenters. The Bertz CT molecular complexity index is 406. The van der Waals surface area contributed by atoms with Crippen LogP contribution in [0.4, 0.5) is 11.6 Å². The van der Waals surface area contributed by atoms with Gasteiger partial charge in [0.15, 0.2) is 5.82 Å². The summed E-state index contributed by atoms with van der Waals surface area (Å²) >= 11 is 11.9. The summed E-state index contributed by atoms with van der Waals surface area (Å²) in [5.74, 6) is 6.09. The largest absolute Gasteiger partial charge is 0.389 e. The third-order valence-electron chi connectivity index (χ3n) is 2.25. The maximum absolute atomic E-state index is 9.65. The highest BCUT2D eigenvalue weighted by atomic mass is 35.5. The zero-order chi connectivity index (χ0) is 13.7. The Morgan fingerprint density at radius 2 is 2.22 bits per heavy atom. The topological polar surface area (TPSA) is 83.6 Å². The standard InChI is InChI=1S/C10H16Cl2N4O2/c1-16(4-6(17)5-18-2)10-8(12)3-7(11)9(14-10)15-13/h3,6,17H,4-5,13H2,1-2H3,(H,14,15). The molecule has 1 unspecified atom stereocenters. The Balaban J connectivity index is 2.87. The average Bonchev–Trinajstić information content (AvgIpc) is 2.29. The molecule has 0 saturated heterocycles. The number of likely N-dealkylation sites (N-methyl/N-ethyl adjacent to an activating group) is 1. The van der Waals surface area contributed by atoms with E-state index in [0.717, 1.165) is 0 Å². The summed E-state index contributed by atoms with van der Waals surface area (Å²) in [7, 11) is 3.27. The van der Waals surface area contributed by atoms with Crippen molar-refractivity contribution in [3.63, 3.8) is 0 Å². The molecule has 102 valence electrons. The summed E-state index contributed by atoms with van der Waals surface area (Å²) in [5.41, 5.74) is 2.38. The lowest BCUT2D eigenvalue weighted by Crippen LogP contribution is -2.32. The fraction of sp³-hybridized carbons (Fsp3) is 0.500. The number of aromatic nitrogens is 1. The first-order valence-electron chi connectivity index (χ1n) is 5.20. The molecule has 0 bridgehead atoms. The predicted molar refractivity (Wildman–Crippen MR) is 73.2 cm³/mol. The number of nitrogens with two attached hydrogens (primary N) is 1. The molecule has 0 aliphatic carbocycles. The van der Waals surface area contributed by atoms with Crippen molar-refractivity contribution in [1.82, 2.24) is 4.98 Å². The summed E-state index contributed by atoms with van der Waals surface area (Å²) < 4.78 is 4.85. The van der Waals surface area contributed by atoms with Gasteiger partial charge >= 0.3 is 0 Å². The molecule has 4 N–H and O–H groups in total.